The summed E-state index contributed by atoms with van der Waals surface area (Å²) in [6, 6.07) is 16.3. The van der Waals surface area contributed by atoms with E-state index < -0.39 is 15.6 Å². The minimum atomic E-state index is -3.89. The zero-order valence-electron chi connectivity index (χ0n) is 20.2. The summed E-state index contributed by atoms with van der Waals surface area (Å²) in [5.74, 6) is 0.678. The lowest BCUT2D eigenvalue weighted by Crippen LogP contribution is -2.44. The van der Waals surface area contributed by atoms with Crippen molar-refractivity contribution < 1.29 is 17.9 Å². The van der Waals surface area contributed by atoms with Crippen LogP contribution in [0.5, 0.6) is 5.75 Å². The number of amides is 1. The van der Waals surface area contributed by atoms with Gasteiger partial charge in [-0.25, -0.2) is 8.42 Å². The van der Waals surface area contributed by atoms with Crippen molar-refractivity contribution in [1.29, 1.82) is 0 Å². The summed E-state index contributed by atoms with van der Waals surface area (Å²) in [4.78, 5) is 12.5. The molecule has 1 aliphatic carbocycles. The average molecular weight is 560 g/mol. The Hall–Kier alpha value is -3.12. The van der Waals surface area contributed by atoms with Gasteiger partial charge >= 0.3 is 0 Å². The third-order valence-corrected chi connectivity index (χ3v) is 9.51. The maximum Gasteiger partial charge on any atom is 0.272 e. The molecule has 5 rings (SSSR count). The van der Waals surface area contributed by atoms with Crippen LogP contribution in [0.25, 0.3) is 10.9 Å². The highest BCUT2D eigenvalue weighted by atomic mass is 35.5. The molecule has 2 aromatic carbocycles. The molecule has 1 fully saturated rings. The Morgan fingerprint density at radius 2 is 1.92 bits per heavy atom. The van der Waals surface area contributed by atoms with Gasteiger partial charge in [0.05, 0.1) is 34.4 Å². The molecule has 0 aliphatic heterocycles. The number of methoxy groups -OCH3 is 1. The molecular formula is C25H26ClN5O4S2. The lowest BCUT2D eigenvalue weighted by Gasteiger charge is -2.14. The Balaban J connectivity index is 1.42. The molecule has 2 aromatic heterocycles. The zero-order valence-corrected chi connectivity index (χ0v) is 22.6. The van der Waals surface area contributed by atoms with Crippen LogP contribution in [-0.4, -0.2) is 43.8 Å². The van der Waals surface area contributed by atoms with Gasteiger partial charge in [0.25, 0.3) is 10.0 Å². The maximum atomic E-state index is 13.0. The number of rotatable bonds is 10. The van der Waals surface area contributed by atoms with E-state index in [0.717, 1.165) is 35.3 Å². The summed E-state index contributed by atoms with van der Waals surface area (Å²) in [5.41, 5.74) is 2.20. The van der Waals surface area contributed by atoms with Crippen LogP contribution in [0.2, 0.25) is 4.34 Å². The number of ether oxygens (including phenoxy) is 1. The molecule has 3 N–H and O–H groups in total. The second-order valence-corrected chi connectivity index (χ2v) is 12.5. The Kier molecular flexibility index (Phi) is 6.88. The number of nitrogens with zero attached hydrogens (tertiary/aromatic N) is 2. The van der Waals surface area contributed by atoms with Crippen molar-refractivity contribution in [2.75, 3.05) is 18.9 Å². The highest BCUT2D eigenvalue weighted by molar-refractivity contribution is 7.94. The summed E-state index contributed by atoms with van der Waals surface area (Å²) in [5, 5.41) is 11.3. The summed E-state index contributed by atoms with van der Waals surface area (Å²) >= 11 is 6.92. The largest absolute Gasteiger partial charge is 0.496 e. The topological polar surface area (TPSA) is 114 Å². The smallest absolute Gasteiger partial charge is 0.272 e. The molecule has 4 aromatic rings. The third kappa shape index (κ3) is 5.17. The number of aromatic nitrogens is 2. The first kappa shape index (κ1) is 25.5. The molecule has 0 spiro atoms. The Morgan fingerprint density at radius 3 is 2.59 bits per heavy atom. The number of nitrogens with one attached hydrogen (secondary N) is 3. The van der Waals surface area contributed by atoms with Crippen molar-refractivity contribution >= 4 is 55.6 Å². The molecule has 0 saturated heterocycles. The number of sulfonamides is 1. The first-order valence-electron chi connectivity index (χ1n) is 11.6. The molecule has 1 aliphatic rings. The van der Waals surface area contributed by atoms with Crippen molar-refractivity contribution in [3.8, 4) is 5.75 Å². The van der Waals surface area contributed by atoms with Gasteiger partial charge in [-0.05, 0) is 55.3 Å². The number of thiophene rings is 1. The van der Waals surface area contributed by atoms with E-state index in [0.29, 0.717) is 34.1 Å². The number of benzene rings is 2. The number of carbonyl (C=O) groups excluding carboxylic acids is 1. The van der Waals surface area contributed by atoms with Crippen molar-refractivity contribution in [3.05, 3.63) is 70.1 Å². The fourth-order valence-electron chi connectivity index (χ4n) is 4.26. The molecule has 37 heavy (non-hydrogen) atoms. The molecule has 9 nitrogen and oxygen atoms in total. The van der Waals surface area contributed by atoms with Gasteiger partial charge in [-0.2, -0.15) is 5.10 Å². The standard InChI is InChI=1S/C25H26ClN5O4S2/c1-27-25(11-12-25)24(32)28-14-16-5-3-6-17(13-16)15-31-18-7-4-8-19(35-2)22(18)23(29-31)30-37(33,34)21-10-9-20(26)36-21/h3-10,13,27H,11-12,14-15H2,1-2H3,(H,28,32)(H,29,30). The number of halogens is 1. The normalized spacial score (nSPS) is 14.5. The van der Waals surface area contributed by atoms with E-state index in [1.807, 2.05) is 36.4 Å². The Bertz CT molecular complexity index is 1580. The van der Waals surface area contributed by atoms with Crippen LogP contribution in [0.1, 0.15) is 24.0 Å². The first-order chi connectivity index (χ1) is 17.7. The van der Waals surface area contributed by atoms with Crippen LogP contribution in [0.3, 0.4) is 0 Å². The molecule has 0 bridgehead atoms. The molecule has 0 unspecified atom stereocenters. The number of anilines is 1. The van der Waals surface area contributed by atoms with Gasteiger partial charge in [0.2, 0.25) is 5.91 Å². The van der Waals surface area contributed by atoms with Crippen LogP contribution < -0.4 is 20.1 Å². The van der Waals surface area contributed by atoms with Crippen LogP contribution in [-0.2, 0) is 27.9 Å². The van der Waals surface area contributed by atoms with Crippen LogP contribution in [0, 0.1) is 0 Å². The second kappa shape index (κ2) is 9.97. The minimum absolute atomic E-state index is 0.00882. The highest BCUT2D eigenvalue weighted by Gasteiger charge is 2.48. The number of likely N-dealkylation sites (N-methyl/N-ethyl adjacent to an activating group) is 1. The van der Waals surface area contributed by atoms with E-state index >= 15 is 0 Å². The van der Waals surface area contributed by atoms with Gasteiger partial charge in [-0.3, -0.25) is 14.2 Å². The van der Waals surface area contributed by atoms with Gasteiger partial charge in [0, 0.05) is 6.54 Å². The van der Waals surface area contributed by atoms with E-state index in [2.05, 4.69) is 20.5 Å². The van der Waals surface area contributed by atoms with E-state index in [1.54, 1.807) is 17.8 Å². The second-order valence-electron chi connectivity index (χ2n) is 8.86. The van der Waals surface area contributed by atoms with Crippen LogP contribution in [0.15, 0.2) is 58.8 Å². The first-order valence-corrected chi connectivity index (χ1v) is 14.3. The fraction of sp³-hybridized carbons (Fsp3) is 0.280. The van der Waals surface area contributed by atoms with Gasteiger partial charge in [-0.15, -0.1) is 11.3 Å². The monoisotopic (exact) mass is 559 g/mol. The summed E-state index contributed by atoms with van der Waals surface area (Å²) in [6.07, 6.45) is 1.69. The van der Waals surface area contributed by atoms with Gasteiger partial charge in [0.15, 0.2) is 5.82 Å². The molecule has 1 saturated carbocycles. The van der Waals surface area contributed by atoms with Gasteiger partial charge < -0.3 is 15.4 Å². The number of hydrogen-bond donors (Lipinski definition) is 3. The molecule has 0 atom stereocenters. The summed E-state index contributed by atoms with van der Waals surface area (Å²) < 4.78 is 36.3. The van der Waals surface area contributed by atoms with E-state index in [4.69, 9.17) is 16.3 Å². The molecule has 12 heteroatoms. The number of fused-ring (bicyclic) bond motifs is 1. The maximum absolute atomic E-state index is 13.0. The van der Waals surface area contributed by atoms with Crippen molar-refractivity contribution in [2.24, 2.45) is 0 Å². The third-order valence-electron chi connectivity index (χ3n) is 6.44. The van der Waals surface area contributed by atoms with Crippen molar-refractivity contribution in [2.45, 2.75) is 35.7 Å². The van der Waals surface area contributed by atoms with E-state index in [9.17, 15) is 13.2 Å². The number of carbonyl (C=O) groups is 1. The van der Waals surface area contributed by atoms with Gasteiger partial charge in [0.1, 0.15) is 9.96 Å². The lowest BCUT2D eigenvalue weighted by molar-refractivity contribution is -0.124. The molecule has 1 amide bonds. The highest BCUT2D eigenvalue weighted by Crippen LogP contribution is 2.36. The van der Waals surface area contributed by atoms with Gasteiger partial charge in [-0.1, -0.05) is 41.9 Å². The predicted octanol–water partition coefficient (Wildman–Crippen LogP) is 3.98. The summed E-state index contributed by atoms with van der Waals surface area (Å²) in [6.45, 7) is 0.802. The van der Waals surface area contributed by atoms with Crippen molar-refractivity contribution in [1.82, 2.24) is 20.4 Å². The molecule has 194 valence electrons. The van der Waals surface area contributed by atoms with E-state index in [1.165, 1.54) is 19.2 Å². The molecule has 2 heterocycles. The van der Waals surface area contributed by atoms with Crippen molar-refractivity contribution in [3.63, 3.8) is 0 Å². The Morgan fingerprint density at radius 1 is 1.16 bits per heavy atom. The lowest BCUT2D eigenvalue weighted by atomic mass is 10.1. The quantitative estimate of drug-likeness (QED) is 0.271. The van der Waals surface area contributed by atoms with Crippen LogP contribution >= 0.6 is 22.9 Å². The van der Waals surface area contributed by atoms with Crippen LogP contribution in [0.4, 0.5) is 5.82 Å². The zero-order chi connectivity index (χ0) is 26.2. The molecule has 0 radical (unpaired) electrons. The minimum Gasteiger partial charge on any atom is -0.496 e. The fourth-order valence-corrected chi connectivity index (χ4v) is 6.75. The summed E-state index contributed by atoms with van der Waals surface area (Å²) in [7, 11) is -0.558. The predicted molar refractivity (Wildman–Crippen MR) is 145 cm³/mol. The SMILES string of the molecule is CNC1(C(=O)NCc2cccc(Cn3nc(NS(=O)(=O)c4ccc(Cl)s4)c4c(OC)cccc43)c2)CC1. The number of hydrogen-bond acceptors (Lipinski definition) is 7. The average Bonchev–Trinajstić information content (AvgIpc) is 3.46. The molecular weight excluding hydrogens is 534 g/mol. The van der Waals surface area contributed by atoms with E-state index in [-0.39, 0.29) is 15.9 Å². The Labute approximate surface area is 223 Å².